The average molecular weight is 231 g/mol. The molecule has 1 aromatic heterocycles. The molecule has 2 heterocycles. The molecule has 1 aromatic rings. The fourth-order valence-corrected chi connectivity index (χ4v) is 3.69. The van der Waals surface area contributed by atoms with E-state index in [-0.39, 0.29) is 0 Å². The van der Waals surface area contributed by atoms with E-state index < -0.39 is 0 Å². The summed E-state index contributed by atoms with van der Waals surface area (Å²) in [6.07, 6.45) is 9.75. The molecule has 2 atom stereocenters. The van der Waals surface area contributed by atoms with Crippen LogP contribution in [0.5, 0.6) is 0 Å². The highest BCUT2D eigenvalue weighted by Gasteiger charge is 2.44. The van der Waals surface area contributed by atoms with E-state index in [4.69, 9.17) is 0 Å². The highest BCUT2D eigenvalue weighted by molar-refractivity contribution is 5.17. The van der Waals surface area contributed by atoms with Gasteiger partial charge in [0.15, 0.2) is 0 Å². The Kier molecular flexibility index (Phi) is 2.89. The number of rotatable bonds is 1. The number of aromatic nitrogens is 1. The van der Waals surface area contributed by atoms with Gasteiger partial charge < -0.3 is 0 Å². The number of likely N-dealkylation sites (N-methyl/N-ethyl adjacent to an activating group) is 2. The van der Waals surface area contributed by atoms with Gasteiger partial charge in [-0.15, -0.1) is 0 Å². The van der Waals surface area contributed by atoms with Crippen LogP contribution in [-0.4, -0.2) is 41.0 Å². The molecule has 1 saturated heterocycles. The van der Waals surface area contributed by atoms with Crippen LogP contribution in [0.4, 0.5) is 0 Å². The van der Waals surface area contributed by atoms with Gasteiger partial charge in [-0.25, -0.2) is 0 Å². The van der Waals surface area contributed by atoms with E-state index in [1.807, 2.05) is 18.5 Å². The Balaban J connectivity index is 1.90. The van der Waals surface area contributed by atoms with Crippen LogP contribution >= 0.6 is 0 Å². The van der Waals surface area contributed by atoms with Gasteiger partial charge in [0.1, 0.15) is 0 Å². The lowest BCUT2D eigenvalue weighted by molar-refractivity contribution is 0.164. The Morgan fingerprint density at radius 2 is 1.76 bits per heavy atom. The van der Waals surface area contributed by atoms with Crippen molar-refractivity contribution in [2.45, 2.75) is 43.9 Å². The molecule has 0 N–H and O–H groups in total. The molecule has 0 spiro atoms. The zero-order valence-corrected chi connectivity index (χ0v) is 10.7. The molecule has 0 bridgehead atoms. The lowest BCUT2D eigenvalue weighted by Gasteiger charge is -2.29. The van der Waals surface area contributed by atoms with Gasteiger partial charge in [0, 0.05) is 30.0 Å². The van der Waals surface area contributed by atoms with Gasteiger partial charge in [-0.1, -0.05) is 18.9 Å². The molecule has 0 amide bonds. The summed E-state index contributed by atoms with van der Waals surface area (Å²) in [4.78, 5) is 9.35. The van der Waals surface area contributed by atoms with Crippen molar-refractivity contribution in [2.75, 3.05) is 14.1 Å². The van der Waals surface area contributed by atoms with Crippen molar-refractivity contribution >= 4 is 0 Å². The number of fused-ring (bicyclic) bond motifs is 1. The first kappa shape index (κ1) is 11.2. The van der Waals surface area contributed by atoms with E-state index in [0.29, 0.717) is 6.17 Å². The Hall–Kier alpha value is -0.930. The molecular formula is C14H21N3. The van der Waals surface area contributed by atoms with Crippen LogP contribution < -0.4 is 0 Å². The average Bonchev–Trinajstić information content (AvgIpc) is 2.64. The predicted molar refractivity (Wildman–Crippen MR) is 68.5 cm³/mol. The van der Waals surface area contributed by atoms with Gasteiger partial charge in [0.25, 0.3) is 0 Å². The first-order valence-electron chi connectivity index (χ1n) is 6.63. The minimum atomic E-state index is 0.414. The van der Waals surface area contributed by atoms with E-state index in [1.165, 1.54) is 31.2 Å². The molecule has 1 saturated carbocycles. The Morgan fingerprint density at radius 1 is 1.12 bits per heavy atom. The number of hydrogen-bond acceptors (Lipinski definition) is 3. The Labute approximate surface area is 103 Å². The largest absolute Gasteiger partial charge is 0.283 e. The highest BCUT2D eigenvalue weighted by atomic mass is 15.4. The molecule has 1 aliphatic carbocycles. The summed E-state index contributed by atoms with van der Waals surface area (Å²) in [7, 11) is 4.54. The van der Waals surface area contributed by atoms with Gasteiger partial charge in [-0.3, -0.25) is 14.8 Å². The molecule has 2 fully saturated rings. The van der Waals surface area contributed by atoms with Crippen LogP contribution in [0.15, 0.2) is 24.5 Å². The predicted octanol–water partition coefficient (Wildman–Crippen LogP) is 2.27. The second kappa shape index (κ2) is 4.39. The first-order chi connectivity index (χ1) is 8.29. The van der Waals surface area contributed by atoms with Crippen molar-refractivity contribution in [1.29, 1.82) is 0 Å². The number of hydrogen-bond donors (Lipinski definition) is 0. The molecule has 0 aromatic carbocycles. The van der Waals surface area contributed by atoms with Crippen LogP contribution in [0.3, 0.4) is 0 Å². The van der Waals surface area contributed by atoms with Gasteiger partial charge in [-0.2, -0.15) is 0 Å². The first-order valence-corrected chi connectivity index (χ1v) is 6.63. The summed E-state index contributed by atoms with van der Waals surface area (Å²) < 4.78 is 0. The lowest BCUT2D eigenvalue weighted by atomic mass is 9.91. The second-order valence-electron chi connectivity index (χ2n) is 5.41. The maximum Gasteiger partial charge on any atom is 0.0902 e. The third kappa shape index (κ3) is 1.78. The third-order valence-electron chi connectivity index (χ3n) is 4.49. The van der Waals surface area contributed by atoms with E-state index >= 15 is 0 Å². The normalized spacial score (nSPS) is 31.6. The summed E-state index contributed by atoms with van der Waals surface area (Å²) >= 11 is 0. The molecule has 3 nitrogen and oxygen atoms in total. The minimum absolute atomic E-state index is 0.414. The Bertz CT molecular complexity index is 360. The summed E-state index contributed by atoms with van der Waals surface area (Å²) in [6, 6.07) is 5.71. The van der Waals surface area contributed by atoms with E-state index in [0.717, 1.165) is 12.1 Å². The molecule has 92 valence electrons. The van der Waals surface area contributed by atoms with Gasteiger partial charge in [0.05, 0.1) is 6.17 Å². The van der Waals surface area contributed by atoms with E-state index in [1.54, 1.807) is 0 Å². The van der Waals surface area contributed by atoms with Gasteiger partial charge in [0.2, 0.25) is 0 Å². The van der Waals surface area contributed by atoms with Crippen molar-refractivity contribution in [2.24, 2.45) is 0 Å². The SMILES string of the molecule is CN1C(c2cccnc2)N(C)[C@@H]2CCCC[C@H]21. The van der Waals surface area contributed by atoms with Crippen molar-refractivity contribution in [3.05, 3.63) is 30.1 Å². The smallest absolute Gasteiger partial charge is 0.0902 e. The van der Waals surface area contributed by atoms with Gasteiger partial charge in [-0.05, 0) is 33.0 Å². The van der Waals surface area contributed by atoms with E-state index in [9.17, 15) is 0 Å². The van der Waals surface area contributed by atoms with Crippen molar-refractivity contribution in [3.63, 3.8) is 0 Å². The maximum atomic E-state index is 4.26. The molecule has 2 aliphatic rings. The summed E-state index contributed by atoms with van der Waals surface area (Å²) in [5.74, 6) is 0. The fourth-order valence-electron chi connectivity index (χ4n) is 3.69. The van der Waals surface area contributed by atoms with Crippen LogP contribution in [0, 0.1) is 0 Å². The van der Waals surface area contributed by atoms with Gasteiger partial charge >= 0.3 is 0 Å². The quantitative estimate of drug-likeness (QED) is 0.739. The van der Waals surface area contributed by atoms with Crippen LogP contribution in [0.1, 0.15) is 37.4 Å². The molecular weight excluding hydrogens is 210 g/mol. The lowest BCUT2D eigenvalue weighted by Crippen LogP contribution is -2.37. The van der Waals surface area contributed by atoms with E-state index in [2.05, 4.69) is 34.9 Å². The maximum absolute atomic E-state index is 4.26. The molecule has 0 radical (unpaired) electrons. The monoisotopic (exact) mass is 231 g/mol. The molecule has 17 heavy (non-hydrogen) atoms. The van der Waals surface area contributed by atoms with Crippen LogP contribution in [0.25, 0.3) is 0 Å². The number of nitrogens with zero attached hydrogens (tertiary/aromatic N) is 3. The van der Waals surface area contributed by atoms with Crippen molar-refractivity contribution in [3.8, 4) is 0 Å². The zero-order valence-electron chi connectivity index (χ0n) is 10.7. The van der Waals surface area contributed by atoms with Crippen molar-refractivity contribution < 1.29 is 0 Å². The number of pyridine rings is 1. The molecule has 1 aliphatic heterocycles. The highest BCUT2D eigenvalue weighted by Crippen LogP contribution is 2.40. The van der Waals surface area contributed by atoms with Crippen molar-refractivity contribution in [1.82, 2.24) is 14.8 Å². The Morgan fingerprint density at radius 3 is 2.29 bits per heavy atom. The van der Waals surface area contributed by atoms with Crippen LogP contribution in [0.2, 0.25) is 0 Å². The topological polar surface area (TPSA) is 19.4 Å². The second-order valence-corrected chi connectivity index (χ2v) is 5.41. The summed E-state index contributed by atoms with van der Waals surface area (Å²) in [5.41, 5.74) is 1.33. The molecule has 3 rings (SSSR count). The third-order valence-corrected chi connectivity index (χ3v) is 4.49. The molecule has 3 heteroatoms. The zero-order chi connectivity index (χ0) is 11.8. The summed E-state index contributed by atoms with van der Waals surface area (Å²) in [5, 5.41) is 0. The standard InChI is InChI=1S/C14H21N3/c1-16-12-7-3-4-8-13(12)17(2)14(16)11-6-5-9-15-10-11/h5-6,9-10,12-14H,3-4,7-8H2,1-2H3/t12-,13-/m1/s1. The molecule has 0 unspecified atom stereocenters. The fraction of sp³-hybridized carbons (Fsp3) is 0.643. The van der Waals surface area contributed by atoms with Crippen LogP contribution in [-0.2, 0) is 0 Å². The summed E-state index contributed by atoms with van der Waals surface area (Å²) in [6.45, 7) is 0. The minimum Gasteiger partial charge on any atom is -0.283 e.